The van der Waals surface area contributed by atoms with Crippen LogP contribution in [0.25, 0.3) is 10.2 Å². The zero-order chi connectivity index (χ0) is 24.9. The van der Waals surface area contributed by atoms with Gasteiger partial charge in [-0.25, -0.2) is 8.42 Å². The van der Waals surface area contributed by atoms with Crippen molar-refractivity contribution < 1.29 is 22.7 Å². The molecule has 0 aliphatic rings. The number of nitrogens with zero attached hydrogens (tertiary/aromatic N) is 2. The van der Waals surface area contributed by atoms with E-state index in [4.69, 9.17) is 4.74 Å². The first-order valence-electron chi connectivity index (χ1n) is 11.3. The van der Waals surface area contributed by atoms with E-state index in [0.29, 0.717) is 10.7 Å². The summed E-state index contributed by atoms with van der Waals surface area (Å²) in [7, 11) is -3.47. The van der Waals surface area contributed by atoms with Crippen LogP contribution in [0.1, 0.15) is 50.7 Å². The molecule has 0 aliphatic heterocycles. The molecule has 3 aromatic rings. The summed E-state index contributed by atoms with van der Waals surface area (Å²) in [5, 5.41) is 0. The minimum Gasteiger partial charge on any atom is -0.465 e. The number of fused-ring (bicyclic) bond motifs is 1. The van der Waals surface area contributed by atoms with Crippen LogP contribution in [0.15, 0.2) is 52.4 Å². The van der Waals surface area contributed by atoms with Crippen LogP contribution in [0.4, 0.5) is 0 Å². The van der Waals surface area contributed by atoms with Gasteiger partial charge in [0.1, 0.15) is 6.54 Å². The van der Waals surface area contributed by atoms with Gasteiger partial charge in [0.2, 0.25) is 5.91 Å². The number of aromatic nitrogens is 1. The summed E-state index contributed by atoms with van der Waals surface area (Å²) < 4.78 is 32.8. The van der Waals surface area contributed by atoms with Gasteiger partial charge in [-0.3, -0.25) is 9.59 Å². The minimum atomic E-state index is -3.47. The van der Waals surface area contributed by atoms with Crippen molar-refractivity contribution in [2.24, 2.45) is 4.99 Å². The van der Waals surface area contributed by atoms with Gasteiger partial charge in [0, 0.05) is 6.42 Å². The number of carbonyl (C=O) groups excluding carboxylic acids is 2. The van der Waals surface area contributed by atoms with Crippen molar-refractivity contribution in [3.63, 3.8) is 0 Å². The maximum Gasteiger partial charge on any atom is 0.326 e. The fraction of sp³-hybridized carbons (Fsp3) is 0.400. The number of benzene rings is 2. The highest BCUT2D eigenvalue weighted by molar-refractivity contribution is 7.91. The van der Waals surface area contributed by atoms with Gasteiger partial charge in [-0.05, 0) is 56.0 Å². The predicted octanol–water partition coefficient (Wildman–Crippen LogP) is 4.38. The van der Waals surface area contributed by atoms with Crippen molar-refractivity contribution in [1.82, 2.24) is 4.57 Å². The van der Waals surface area contributed by atoms with Crippen LogP contribution in [0.2, 0.25) is 0 Å². The first kappa shape index (κ1) is 25.8. The van der Waals surface area contributed by atoms with E-state index >= 15 is 0 Å². The Labute approximate surface area is 204 Å². The number of sulfone groups is 1. The molecule has 0 saturated carbocycles. The second-order valence-electron chi connectivity index (χ2n) is 8.40. The molecule has 2 aromatic carbocycles. The molecule has 3 rings (SSSR count). The van der Waals surface area contributed by atoms with Crippen LogP contribution in [-0.4, -0.2) is 37.2 Å². The molecular weight excluding hydrogens is 472 g/mol. The first-order chi connectivity index (χ1) is 16.1. The smallest absolute Gasteiger partial charge is 0.326 e. The molecule has 7 nitrogen and oxygen atoms in total. The van der Waals surface area contributed by atoms with Gasteiger partial charge >= 0.3 is 5.97 Å². The van der Waals surface area contributed by atoms with E-state index in [2.05, 4.69) is 18.8 Å². The molecule has 0 atom stereocenters. The van der Waals surface area contributed by atoms with Crippen molar-refractivity contribution >= 4 is 43.3 Å². The molecule has 0 bridgehead atoms. The van der Waals surface area contributed by atoms with Crippen LogP contribution in [0.3, 0.4) is 0 Å². The van der Waals surface area contributed by atoms with Gasteiger partial charge in [0.15, 0.2) is 14.6 Å². The number of amides is 1. The van der Waals surface area contributed by atoms with Crippen LogP contribution in [0.5, 0.6) is 0 Å². The Morgan fingerprint density at radius 2 is 1.82 bits per heavy atom. The molecule has 0 spiro atoms. The summed E-state index contributed by atoms with van der Waals surface area (Å²) in [4.78, 5) is 29.7. The summed E-state index contributed by atoms with van der Waals surface area (Å²) in [5.41, 5.74) is 2.93. The summed E-state index contributed by atoms with van der Waals surface area (Å²) in [6.45, 7) is 8.04. The van der Waals surface area contributed by atoms with Crippen molar-refractivity contribution in [3.8, 4) is 0 Å². The Bertz CT molecular complexity index is 1350. The second-order valence-corrected chi connectivity index (χ2v) is 11.5. The highest BCUT2D eigenvalue weighted by Gasteiger charge is 2.16. The normalized spacial score (nSPS) is 12.4. The zero-order valence-corrected chi connectivity index (χ0v) is 21.5. The highest BCUT2D eigenvalue weighted by Crippen LogP contribution is 2.24. The number of rotatable bonds is 9. The number of hydrogen-bond donors (Lipinski definition) is 0. The van der Waals surface area contributed by atoms with E-state index in [-0.39, 0.29) is 36.6 Å². The number of ether oxygens (including phenoxy) is 1. The van der Waals surface area contributed by atoms with Crippen molar-refractivity contribution in [3.05, 3.63) is 58.4 Å². The molecule has 1 aromatic heterocycles. The Balaban J connectivity index is 1.82. The van der Waals surface area contributed by atoms with E-state index in [0.717, 1.165) is 21.3 Å². The number of hydrogen-bond acceptors (Lipinski definition) is 6. The van der Waals surface area contributed by atoms with Crippen molar-refractivity contribution in [2.75, 3.05) is 12.4 Å². The molecule has 0 radical (unpaired) electrons. The summed E-state index contributed by atoms with van der Waals surface area (Å²) in [5.74, 6) is -0.632. The predicted molar refractivity (Wildman–Crippen MR) is 134 cm³/mol. The van der Waals surface area contributed by atoms with E-state index in [9.17, 15) is 18.0 Å². The molecular formula is C25H30N2O5S2. The first-order valence-corrected chi connectivity index (χ1v) is 13.7. The van der Waals surface area contributed by atoms with Crippen LogP contribution in [-0.2, 0) is 30.7 Å². The lowest BCUT2D eigenvalue weighted by molar-refractivity contribution is -0.143. The van der Waals surface area contributed by atoms with Gasteiger partial charge in [-0.2, -0.15) is 4.99 Å². The summed E-state index contributed by atoms with van der Waals surface area (Å²) in [6, 6.07) is 12.6. The fourth-order valence-corrected chi connectivity index (χ4v) is 5.87. The maximum atomic E-state index is 12.6. The van der Waals surface area contributed by atoms with Crippen molar-refractivity contribution in [2.45, 2.75) is 57.9 Å². The van der Waals surface area contributed by atoms with Gasteiger partial charge < -0.3 is 9.30 Å². The van der Waals surface area contributed by atoms with Crippen LogP contribution >= 0.6 is 11.3 Å². The third kappa shape index (κ3) is 6.42. The fourth-order valence-electron chi connectivity index (χ4n) is 3.46. The number of carbonyl (C=O) groups is 2. The molecule has 0 saturated heterocycles. The molecule has 0 unspecified atom stereocenters. The molecule has 0 aliphatic carbocycles. The Morgan fingerprint density at radius 1 is 1.12 bits per heavy atom. The Kier molecular flexibility index (Phi) is 8.43. The molecule has 182 valence electrons. The maximum absolute atomic E-state index is 12.6. The van der Waals surface area contributed by atoms with Crippen LogP contribution < -0.4 is 4.80 Å². The molecule has 34 heavy (non-hydrogen) atoms. The van der Waals surface area contributed by atoms with E-state index in [1.165, 1.54) is 11.3 Å². The highest BCUT2D eigenvalue weighted by atomic mass is 32.2. The molecule has 0 N–H and O–H groups in total. The van der Waals surface area contributed by atoms with Crippen LogP contribution in [0, 0.1) is 6.92 Å². The van der Waals surface area contributed by atoms with Gasteiger partial charge in [0.05, 0.1) is 27.5 Å². The third-order valence-electron chi connectivity index (χ3n) is 5.37. The quantitative estimate of drug-likeness (QED) is 0.405. The lowest BCUT2D eigenvalue weighted by Crippen LogP contribution is -2.23. The Morgan fingerprint density at radius 3 is 2.47 bits per heavy atom. The van der Waals surface area contributed by atoms with Gasteiger partial charge in [-0.1, -0.05) is 48.9 Å². The van der Waals surface area contributed by atoms with E-state index < -0.39 is 21.7 Å². The van der Waals surface area contributed by atoms with Crippen molar-refractivity contribution in [1.29, 1.82) is 0 Å². The largest absolute Gasteiger partial charge is 0.465 e. The number of aryl methyl sites for hydroxylation is 1. The minimum absolute atomic E-state index is 0.00398. The Hall–Kier alpha value is -2.78. The second kappa shape index (κ2) is 11.1. The molecule has 1 amide bonds. The summed E-state index contributed by atoms with van der Waals surface area (Å²) in [6.07, 6.45) is 0.162. The number of thiazole rings is 1. The number of esters is 1. The lowest BCUT2D eigenvalue weighted by atomic mass is 10.0. The molecule has 1 heterocycles. The van der Waals surface area contributed by atoms with Gasteiger partial charge in [-0.15, -0.1) is 0 Å². The SMILES string of the molecule is CCOC(=O)Cn1c(=NC(=O)CCCS(=O)(=O)c2ccc(C)cc2)sc2cc(C(C)C)ccc21. The van der Waals surface area contributed by atoms with Gasteiger partial charge in [0.25, 0.3) is 0 Å². The monoisotopic (exact) mass is 502 g/mol. The zero-order valence-electron chi connectivity index (χ0n) is 19.9. The molecule has 9 heteroatoms. The average molecular weight is 503 g/mol. The lowest BCUT2D eigenvalue weighted by Gasteiger charge is -2.07. The van der Waals surface area contributed by atoms with E-state index in [1.54, 1.807) is 35.8 Å². The molecule has 0 fully saturated rings. The average Bonchev–Trinajstić information content (AvgIpc) is 3.10. The topological polar surface area (TPSA) is 94.8 Å². The van der Waals surface area contributed by atoms with E-state index in [1.807, 2.05) is 25.1 Å². The third-order valence-corrected chi connectivity index (χ3v) is 8.23. The summed E-state index contributed by atoms with van der Waals surface area (Å²) >= 11 is 1.33. The standard InChI is InChI=1S/C25H30N2O5S2/c1-5-32-24(29)16-27-21-13-10-19(17(2)3)15-22(21)33-25(27)26-23(28)7-6-14-34(30,31)20-11-8-18(4)9-12-20/h8-13,15,17H,5-7,14,16H2,1-4H3.